The minimum atomic E-state index is -1.22. The molecule has 3 amide bonds. The molecule has 16 heteroatoms. The maximum atomic E-state index is 13.9. The molecule has 1 aromatic heterocycles. The van der Waals surface area contributed by atoms with Gasteiger partial charge in [-0.1, -0.05) is 94.8 Å². The smallest absolute Gasteiger partial charge is 0.347 e. The van der Waals surface area contributed by atoms with Crippen molar-refractivity contribution < 1.29 is 38.3 Å². The number of hydrogen-bond acceptors (Lipinski definition) is 12. The number of oxime groups is 1. The predicted molar refractivity (Wildman–Crippen MR) is 188 cm³/mol. The van der Waals surface area contributed by atoms with E-state index in [0.717, 1.165) is 22.5 Å². The number of nitrogens with zero attached hydrogens (tertiary/aromatic N) is 3. The van der Waals surface area contributed by atoms with Crippen LogP contribution in [0.4, 0.5) is 5.13 Å². The van der Waals surface area contributed by atoms with Crippen LogP contribution in [-0.2, 0) is 38.3 Å². The van der Waals surface area contributed by atoms with Crippen molar-refractivity contribution in [3.63, 3.8) is 0 Å². The molecule has 2 aliphatic heterocycles. The van der Waals surface area contributed by atoms with Crippen molar-refractivity contribution in [3.8, 4) is 0 Å². The zero-order valence-electron chi connectivity index (χ0n) is 27.3. The molecule has 2 aromatic carbocycles. The van der Waals surface area contributed by atoms with Crippen LogP contribution in [0.15, 0.2) is 78.5 Å². The first-order valence-electron chi connectivity index (χ1n) is 15.3. The molecule has 3 atom stereocenters. The van der Waals surface area contributed by atoms with Crippen molar-refractivity contribution in [3.05, 3.63) is 94.5 Å². The molecule has 0 radical (unpaired) electrons. The number of halogens is 1. The maximum Gasteiger partial charge on any atom is 0.347 e. The summed E-state index contributed by atoms with van der Waals surface area (Å²) < 4.78 is 11.3. The summed E-state index contributed by atoms with van der Waals surface area (Å²) in [5, 5.41) is 8.38. The van der Waals surface area contributed by atoms with Crippen LogP contribution in [0.25, 0.3) is 0 Å². The fourth-order valence-corrected chi connectivity index (χ4v) is 7.75. The van der Waals surface area contributed by atoms with Gasteiger partial charge < -0.3 is 29.8 Å². The fourth-order valence-electron chi connectivity index (χ4n) is 5.22. The molecule has 262 valence electrons. The number of aromatic nitrogens is 1. The summed E-state index contributed by atoms with van der Waals surface area (Å²) in [5.74, 6) is -2.36. The van der Waals surface area contributed by atoms with Gasteiger partial charge in [-0.05, 0) is 31.9 Å². The molecule has 2 unspecified atom stereocenters. The highest BCUT2D eigenvalue weighted by Crippen LogP contribution is 2.44. The first-order valence-corrected chi connectivity index (χ1v) is 17.6. The third-order valence-corrected chi connectivity index (χ3v) is 10.3. The van der Waals surface area contributed by atoms with Gasteiger partial charge in [-0.15, -0.1) is 18.3 Å². The van der Waals surface area contributed by atoms with Crippen LogP contribution in [-0.4, -0.2) is 81.7 Å². The summed E-state index contributed by atoms with van der Waals surface area (Å²) in [5.41, 5.74) is -0.988. The van der Waals surface area contributed by atoms with Gasteiger partial charge in [0.25, 0.3) is 5.91 Å². The number of rotatable bonds is 13. The molecule has 3 aromatic rings. The van der Waals surface area contributed by atoms with Crippen LogP contribution >= 0.6 is 34.7 Å². The van der Waals surface area contributed by atoms with E-state index in [-0.39, 0.29) is 27.5 Å². The summed E-state index contributed by atoms with van der Waals surface area (Å²) >= 11 is 8.48. The number of fused-ring (bicyclic) bond motifs is 1. The number of ether oxygens (including phenoxy) is 2. The summed E-state index contributed by atoms with van der Waals surface area (Å²) in [4.78, 5) is 74.8. The number of anilines is 1. The average Bonchev–Trinajstić information content (AvgIpc) is 3.46. The van der Waals surface area contributed by atoms with Gasteiger partial charge in [-0.2, -0.15) is 0 Å². The highest BCUT2D eigenvalue weighted by molar-refractivity contribution is 8.00. The summed E-state index contributed by atoms with van der Waals surface area (Å²) in [6.45, 7) is 8.33. The van der Waals surface area contributed by atoms with Gasteiger partial charge in [0, 0.05) is 12.3 Å². The van der Waals surface area contributed by atoms with E-state index in [4.69, 9.17) is 25.9 Å². The third-order valence-electron chi connectivity index (χ3n) is 7.58. The Labute approximate surface area is 301 Å². The number of β-lactam (4-membered cyclic amide) rings is 1. The van der Waals surface area contributed by atoms with Crippen molar-refractivity contribution in [2.24, 2.45) is 10.6 Å². The van der Waals surface area contributed by atoms with Gasteiger partial charge in [-0.3, -0.25) is 19.2 Å². The Kier molecular flexibility index (Phi) is 11.3. The minimum absolute atomic E-state index is 0.00342. The Morgan fingerprint density at radius 3 is 2.36 bits per heavy atom. The van der Waals surface area contributed by atoms with Gasteiger partial charge in [0.05, 0.1) is 0 Å². The average molecular weight is 740 g/mol. The van der Waals surface area contributed by atoms with Crippen molar-refractivity contribution in [2.45, 2.75) is 43.9 Å². The molecule has 3 heterocycles. The first-order chi connectivity index (χ1) is 23.9. The molecule has 50 heavy (non-hydrogen) atoms. The van der Waals surface area contributed by atoms with E-state index in [2.05, 4.69) is 27.4 Å². The molecule has 0 aliphatic carbocycles. The second kappa shape index (κ2) is 15.4. The number of thiazole rings is 1. The molecule has 0 saturated carbocycles. The molecular weight excluding hydrogens is 706 g/mol. The predicted octanol–water partition coefficient (Wildman–Crippen LogP) is 4.33. The number of nitrogens with one attached hydrogen (secondary N) is 2. The zero-order chi connectivity index (χ0) is 36.1. The molecule has 2 fully saturated rings. The lowest BCUT2D eigenvalue weighted by molar-refractivity contribution is -0.162. The highest BCUT2D eigenvalue weighted by atomic mass is 35.5. The number of carbonyl (C=O) groups excluding carboxylic acids is 5. The second-order valence-corrected chi connectivity index (χ2v) is 15.0. The van der Waals surface area contributed by atoms with Crippen molar-refractivity contribution >= 4 is 75.7 Å². The van der Waals surface area contributed by atoms with E-state index in [1.54, 1.807) is 20.8 Å². The molecule has 5 rings (SSSR count). The number of thioether (sulfide) groups is 1. The monoisotopic (exact) mass is 739 g/mol. The van der Waals surface area contributed by atoms with Crippen molar-refractivity contribution in [1.82, 2.24) is 15.2 Å². The van der Waals surface area contributed by atoms with Gasteiger partial charge in [0.2, 0.25) is 18.9 Å². The van der Waals surface area contributed by atoms with Gasteiger partial charge in [0.1, 0.15) is 32.5 Å². The SMILES string of the molecule is C=CC1(C(=O)OC(c2ccccc2)c2ccccc2)CS[C@@H]2C(NC(=O)C(=NOCC(=O)OC(C)(C)C)c3nc(NC=O)sc3Cl)C(=O)N2C1. The zero-order valence-corrected chi connectivity index (χ0v) is 29.7. The second-order valence-electron chi connectivity index (χ2n) is 12.3. The van der Waals surface area contributed by atoms with E-state index >= 15 is 0 Å². The van der Waals surface area contributed by atoms with Crippen LogP contribution in [0.5, 0.6) is 0 Å². The molecule has 2 aliphatic rings. The Balaban J connectivity index is 1.30. The topological polar surface area (TPSA) is 166 Å². The van der Waals surface area contributed by atoms with Gasteiger partial charge in [-0.25, -0.2) is 9.78 Å². The third kappa shape index (κ3) is 8.17. The lowest BCUT2D eigenvalue weighted by Crippen LogP contribution is -2.73. The fraction of sp³-hybridized carbons (Fsp3) is 0.324. The van der Waals surface area contributed by atoms with E-state index in [1.165, 1.54) is 22.7 Å². The van der Waals surface area contributed by atoms with E-state index in [9.17, 15) is 24.0 Å². The summed E-state index contributed by atoms with van der Waals surface area (Å²) in [6.07, 6.45) is 1.21. The van der Waals surface area contributed by atoms with Crippen LogP contribution in [0.3, 0.4) is 0 Å². The van der Waals surface area contributed by atoms with E-state index in [0.29, 0.717) is 6.41 Å². The lowest BCUT2D eigenvalue weighted by Gasteiger charge is -2.53. The largest absolute Gasteiger partial charge is 0.457 e. The highest BCUT2D eigenvalue weighted by Gasteiger charge is 2.57. The van der Waals surface area contributed by atoms with Crippen LogP contribution in [0.1, 0.15) is 43.7 Å². The van der Waals surface area contributed by atoms with Crippen molar-refractivity contribution in [1.29, 1.82) is 0 Å². The van der Waals surface area contributed by atoms with Crippen molar-refractivity contribution in [2.75, 3.05) is 24.2 Å². The van der Waals surface area contributed by atoms with Crippen LogP contribution in [0, 0.1) is 5.41 Å². The molecule has 13 nitrogen and oxygen atoms in total. The molecule has 0 bridgehead atoms. The Bertz CT molecular complexity index is 1760. The maximum absolute atomic E-state index is 13.9. The number of hydrogen-bond donors (Lipinski definition) is 2. The van der Waals surface area contributed by atoms with Crippen LogP contribution < -0.4 is 10.6 Å². The quantitative estimate of drug-likeness (QED) is 0.0644. The Morgan fingerprint density at radius 2 is 1.78 bits per heavy atom. The van der Waals surface area contributed by atoms with Crippen LogP contribution in [0.2, 0.25) is 4.34 Å². The number of benzene rings is 2. The Morgan fingerprint density at radius 1 is 1.14 bits per heavy atom. The van der Waals surface area contributed by atoms with Gasteiger partial charge in [0.15, 0.2) is 16.9 Å². The normalized spacial score (nSPS) is 20.2. The lowest BCUT2D eigenvalue weighted by atomic mass is 9.87. The number of amides is 3. The van der Waals surface area contributed by atoms with E-state index < -0.39 is 64.6 Å². The Hall–Kier alpha value is -4.73. The molecular formula is C34H34ClN5O8S2. The summed E-state index contributed by atoms with van der Waals surface area (Å²) in [6, 6.07) is 17.7. The molecule has 2 saturated heterocycles. The first kappa shape index (κ1) is 36.5. The summed E-state index contributed by atoms with van der Waals surface area (Å²) in [7, 11) is 0. The molecule has 2 N–H and O–H groups in total. The van der Waals surface area contributed by atoms with Gasteiger partial charge >= 0.3 is 11.9 Å². The number of esters is 2. The molecule has 0 spiro atoms. The minimum Gasteiger partial charge on any atom is -0.457 e. The standard InChI is InChI=1S/C34H34ClN5O8S2/c1-5-34(31(45)47-26(20-12-8-6-9-13-20)21-14-10-7-11-15-21)17-40-29(44)25(30(40)49-18-34)37-28(43)24(23-27(35)50-32(38-23)36-19-41)39-46-16-22(42)48-33(2,3)4/h5-15,19,25-26,30H,1,16-18H2,2-4H3,(H,37,43)(H,36,38,41)/t25?,30-,34?/m1/s1. The van der Waals surface area contributed by atoms with E-state index in [1.807, 2.05) is 60.7 Å². The number of carbonyl (C=O) groups is 5.